The van der Waals surface area contributed by atoms with Gasteiger partial charge < -0.3 is 4.74 Å². The number of para-hydroxylation sites is 2. The van der Waals surface area contributed by atoms with Crippen molar-refractivity contribution >= 4 is 11.4 Å². The van der Waals surface area contributed by atoms with E-state index in [4.69, 9.17) is 10.1 Å². The molecule has 145 valence electrons. The highest BCUT2D eigenvalue weighted by Crippen LogP contribution is 2.44. The smallest absolute Gasteiger partial charge is 0.153 e. The van der Waals surface area contributed by atoms with E-state index in [9.17, 15) is 0 Å². The molecule has 0 amide bonds. The summed E-state index contributed by atoms with van der Waals surface area (Å²) in [5, 5.41) is 4.91. The monoisotopic (exact) mass is 364 g/mol. The number of unbranched alkanes of at least 4 members (excludes halogenated alkanes) is 9. The summed E-state index contributed by atoms with van der Waals surface area (Å²) in [5.41, 5.74) is 4.68. The van der Waals surface area contributed by atoms with Crippen LogP contribution in [0.3, 0.4) is 0 Å². The molecular weight excluding hydrogens is 330 g/mol. The Labute approximate surface area is 165 Å². The van der Waals surface area contributed by atoms with Crippen LogP contribution in [-0.4, -0.2) is 0 Å². The molecular formula is C25H34NO. The summed E-state index contributed by atoms with van der Waals surface area (Å²) < 4.78 is 6.08. The topological polar surface area (TPSA) is 23.3 Å². The Balaban J connectivity index is 1.45. The van der Waals surface area contributed by atoms with E-state index in [1.54, 1.807) is 0 Å². The van der Waals surface area contributed by atoms with Crippen molar-refractivity contribution in [1.82, 2.24) is 5.32 Å². The summed E-state index contributed by atoms with van der Waals surface area (Å²) in [6, 6.07) is 12.3. The predicted octanol–water partition coefficient (Wildman–Crippen LogP) is 8.13. The lowest BCUT2D eigenvalue weighted by molar-refractivity contribution is 0.470. The first-order chi connectivity index (χ1) is 13.3. The lowest BCUT2D eigenvalue weighted by Gasteiger charge is -2.23. The Bertz CT molecular complexity index is 722. The normalized spacial score (nSPS) is 12.1. The molecule has 0 bridgehead atoms. The van der Waals surface area contributed by atoms with E-state index in [1.165, 1.54) is 75.3 Å². The fourth-order valence-corrected chi connectivity index (χ4v) is 3.90. The molecule has 0 N–H and O–H groups in total. The lowest BCUT2D eigenvalue weighted by atomic mass is 9.97. The van der Waals surface area contributed by atoms with Crippen LogP contribution in [0.5, 0.6) is 11.5 Å². The third-order valence-corrected chi connectivity index (χ3v) is 5.58. The Hall–Kier alpha value is -1.96. The second kappa shape index (κ2) is 10.4. The van der Waals surface area contributed by atoms with Gasteiger partial charge in [-0.05, 0) is 49.1 Å². The molecule has 3 rings (SSSR count). The van der Waals surface area contributed by atoms with E-state index in [1.807, 2.05) is 24.3 Å². The zero-order chi connectivity index (χ0) is 18.9. The highest BCUT2D eigenvalue weighted by atomic mass is 16.5. The van der Waals surface area contributed by atoms with Gasteiger partial charge in [0.05, 0.1) is 0 Å². The highest BCUT2D eigenvalue weighted by Gasteiger charge is 2.21. The van der Waals surface area contributed by atoms with Crippen molar-refractivity contribution in [2.45, 2.75) is 84.5 Å². The van der Waals surface area contributed by atoms with Gasteiger partial charge in [0.2, 0.25) is 0 Å². The van der Waals surface area contributed by atoms with Crippen molar-refractivity contribution < 1.29 is 4.74 Å². The van der Waals surface area contributed by atoms with Crippen LogP contribution in [0.2, 0.25) is 0 Å². The lowest BCUT2D eigenvalue weighted by Crippen LogP contribution is -2.06. The zero-order valence-electron chi connectivity index (χ0n) is 17.1. The van der Waals surface area contributed by atoms with E-state index < -0.39 is 0 Å². The third kappa shape index (κ3) is 5.51. The minimum atomic E-state index is 0.860. The Morgan fingerprint density at radius 3 is 2.15 bits per heavy atom. The number of nitrogens with zero attached hydrogens (tertiary/aromatic N) is 1. The fraction of sp³-hybridized carbons (Fsp3) is 0.520. The first-order valence-corrected chi connectivity index (χ1v) is 10.9. The number of hydrogen-bond donors (Lipinski definition) is 0. The fourth-order valence-electron chi connectivity index (χ4n) is 3.90. The van der Waals surface area contributed by atoms with Gasteiger partial charge in [0.1, 0.15) is 11.4 Å². The van der Waals surface area contributed by atoms with E-state index >= 15 is 0 Å². The van der Waals surface area contributed by atoms with Crippen LogP contribution >= 0.6 is 0 Å². The second-order valence-electron chi connectivity index (χ2n) is 7.82. The van der Waals surface area contributed by atoms with Gasteiger partial charge in [0.25, 0.3) is 0 Å². The number of hydrogen-bond acceptors (Lipinski definition) is 1. The molecule has 0 saturated carbocycles. The van der Waals surface area contributed by atoms with Gasteiger partial charge in [-0.2, -0.15) is 0 Å². The molecule has 2 aromatic carbocycles. The molecule has 2 aromatic rings. The minimum absolute atomic E-state index is 0.860. The summed E-state index contributed by atoms with van der Waals surface area (Å²) in [6.07, 6.45) is 14.8. The molecule has 2 nitrogen and oxygen atoms in total. The van der Waals surface area contributed by atoms with Crippen molar-refractivity contribution in [3.8, 4) is 11.5 Å². The van der Waals surface area contributed by atoms with Gasteiger partial charge in [-0.25, -0.2) is 5.32 Å². The highest BCUT2D eigenvalue weighted by molar-refractivity contribution is 5.71. The van der Waals surface area contributed by atoms with Gasteiger partial charge in [-0.3, -0.25) is 0 Å². The standard InChI is InChI=1S/C25H34NO/c1-3-4-5-6-7-8-9-10-11-12-15-21-20(2)18-19-24-25(21)26-22-16-13-14-17-23(22)27-24/h13-14,16-19H,3-12,15H2,1-2H3. The first-order valence-electron chi connectivity index (χ1n) is 10.9. The quantitative estimate of drug-likeness (QED) is 0.315. The van der Waals surface area contributed by atoms with Crippen molar-refractivity contribution in [2.75, 3.05) is 0 Å². The molecule has 0 fully saturated rings. The van der Waals surface area contributed by atoms with Crippen LogP contribution < -0.4 is 10.1 Å². The van der Waals surface area contributed by atoms with Crippen molar-refractivity contribution in [2.24, 2.45) is 0 Å². The van der Waals surface area contributed by atoms with Crippen molar-refractivity contribution in [3.63, 3.8) is 0 Å². The summed E-state index contributed by atoms with van der Waals surface area (Å²) in [7, 11) is 0. The van der Waals surface area contributed by atoms with Crippen LogP contribution in [0, 0.1) is 6.92 Å². The van der Waals surface area contributed by atoms with Crippen LogP contribution in [0.4, 0.5) is 11.4 Å². The molecule has 1 radical (unpaired) electrons. The van der Waals surface area contributed by atoms with Crippen LogP contribution in [-0.2, 0) is 6.42 Å². The number of ether oxygens (including phenoxy) is 1. The maximum absolute atomic E-state index is 6.08. The summed E-state index contributed by atoms with van der Waals surface area (Å²) in [4.78, 5) is 0. The number of fused-ring (bicyclic) bond motifs is 2. The molecule has 0 aliphatic carbocycles. The van der Waals surface area contributed by atoms with E-state index in [0.717, 1.165) is 29.3 Å². The molecule has 1 aliphatic rings. The maximum Gasteiger partial charge on any atom is 0.153 e. The molecule has 0 aromatic heterocycles. The van der Waals surface area contributed by atoms with Crippen LogP contribution in [0.1, 0.15) is 82.3 Å². The Morgan fingerprint density at radius 2 is 1.41 bits per heavy atom. The van der Waals surface area contributed by atoms with E-state index in [2.05, 4.69) is 26.0 Å². The second-order valence-corrected chi connectivity index (χ2v) is 7.82. The molecule has 0 spiro atoms. The molecule has 0 atom stereocenters. The SMILES string of the molecule is CCCCCCCCCCCCc1c(C)ccc2c1[N]c1ccccc1O2. The molecule has 1 aliphatic heterocycles. The molecule has 0 saturated heterocycles. The van der Waals surface area contributed by atoms with Gasteiger partial charge in [-0.1, -0.05) is 82.9 Å². The van der Waals surface area contributed by atoms with Crippen molar-refractivity contribution in [3.05, 3.63) is 47.5 Å². The average molecular weight is 365 g/mol. The minimum Gasteiger partial charge on any atom is -0.453 e. The molecule has 0 unspecified atom stereocenters. The van der Waals surface area contributed by atoms with Gasteiger partial charge >= 0.3 is 0 Å². The number of rotatable bonds is 11. The van der Waals surface area contributed by atoms with Gasteiger partial charge in [-0.15, -0.1) is 0 Å². The Kier molecular flexibility index (Phi) is 7.62. The summed E-state index contributed by atoms with van der Waals surface area (Å²) >= 11 is 0. The summed E-state index contributed by atoms with van der Waals surface area (Å²) in [6.45, 7) is 4.48. The Morgan fingerprint density at radius 1 is 0.741 bits per heavy atom. The molecule has 27 heavy (non-hydrogen) atoms. The first kappa shape index (κ1) is 19.8. The summed E-state index contributed by atoms with van der Waals surface area (Å²) in [5.74, 6) is 1.76. The van der Waals surface area contributed by atoms with Crippen molar-refractivity contribution in [1.29, 1.82) is 0 Å². The molecule has 2 heteroatoms. The van der Waals surface area contributed by atoms with E-state index in [0.29, 0.717) is 0 Å². The van der Waals surface area contributed by atoms with Crippen LogP contribution in [0.25, 0.3) is 0 Å². The molecule has 1 heterocycles. The van der Waals surface area contributed by atoms with Crippen LogP contribution in [0.15, 0.2) is 36.4 Å². The number of aryl methyl sites for hydroxylation is 1. The van der Waals surface area contributed by atoms with Gasteiger partial charge in [0, 0.05) is 0 Å². The van der Waals surface area contributed by atoms with E-state index in [-0.39, 0.29) is 0 Å². The average Bonchev–Trinajstić information content (AvgIpc) is 2.69. The van der Waals surface area contributed by atoms with Gasteiger partial charge in [0.15, 0.2) is 11.5 Å². The predicted molar refractivity (Wildman–Crippen MR) is 115 cm³/mol. The third-order valence-electron chi connectivity index (χ3n) is 5.58. The maximum atomic E-state index is 6.08. The largest absolute Gasteiger partial charge is 0.453 e. The zero-order valence-corrected chi connectivity index (χ0v) is 17.1. The number of benzene rings is 2.